The summed E-state index contributed by atoms with van der Waals surface area (Å²) in [5, 5.41) is 9.79. The summed E-state index contributed by atoms with van der Waals surface area (Å²) < 4.78 is 4.99. The third-order valence-electron chi connectivity index (χ3n) is 2.64. The Morgan fingerprint density at radius 3 is 2.30 bits per heavy atom. The molecule has 2 aromatic carbocycles. The van der Waals surface area contributed by atoms with Crippen LogP contribution in [-0.4, -0.2) is 17.7 Å². The Morgan fingerprint density at radius 2 is 1.65 bits per heavy atom. The minimum atomic E-state index is -0.869. The van der Waals surface area contributed by atoms with Gasteiger partial charge >= 0.3 is 5.97 Å². The minimum Gasteiger partial charge on any atom is -0.449 e. The zero-order valence-corrected chi connectivity index (χ0v) is 10.8. The molecule has 3 heteroatoms. The maximum atomic E-state index is 11.6. The molecule has 0 amide bonds. The second-order valence-electron chi connectivity index (χ2n) is 4.08. The molecule has 0 aromatic heterocycles. The standard InChI is InChI=1S/C17H14O3/c18-16(14-8-3-1-4-9-14)12-7-13-20-17(19)15-10-5-2-6-11-15/h1-6,8-11,16,18H,13H2/t16-/m1/s1. The first-order valence-corrected chi connectivity index (χ1v) is 6.21. The lowest BCUT2D eigenvalue weighted by Crippen LogP contribution is -2.05. The highest BCUT2D eigenvalue weighted by Gasteiger charge is 2.04. The van der Waals surface area contributed by atoms with Crippen LogP contribution in [0.15, 0.2) is 60.7 Å². The van der Waals surface area contributed by atoms with Crippen molar-refractivity contribution in [1.82, 2.24) is 0 Å². The maximum Gasteiger partial charge on any atom is 0.339 e. The molecular formula is C17H14O3. The van der Waals surface area contributed by atoms with Gasteiger partial charge in [0.2, 0.25) is 0 Å². The van der Waals surface area contributed by atoms with E-state index >= 15 is 0 Å². The minimum absolute atomic E-state index is 0.0440. The quantitative estimate of drug-likeness (QED) is 0.686. The fourth-order valence-corrected chi connectivity index (χ4v) is 1.62. The van der Waals surface area contributed by atoms with E-state index in [0.717, 1.165) is 5.56 Å². The number of esters is 1. The summed E-state index contributed by atoms with van der Waals surface area (Å²) in [7, 11) is 0. The van der Waals surface area contributed by atoms with Crippen LogP contribution >= 0.6 is 0 Å². The van der Waals surface area contributed by atoms with E-state index in [9.17, 15) is 9.90 Å². The Labute approximate surface area is 117 Å². The highest BCUT2D eigenvalue weighted by molar-refractivity contribution is 5.89. The lowest BCUT2D eigenvalue weighted by molar-refractivity contribution is 0.0556. The van der Waals surface area contributed by atoms with Crippen molar-refractivity contribution in [3.8, 4) is 11.8 Å². The smallest absolute Gasteiger partial charge is 0.339 e. The second-order valence-corrected chi connectivity index (χ2v) is 4.08. The van der Waals surface area contributed by atoms with E-state index in [1.54, 1.807) is 36.4 Å². The summed E-state index contributed by atoms with van der Waals surface area (Å²) in [6.45, 7) is -0.0440. The van der Waals surface area contributed by atoms with Crippen molar-refractivity contribution < 1.29 is 14.6 Å². The number of aliphatic hydroxyl groups excluding tert-OH is 1. The van der Waals surface area contributed by atoms with Gasteiger partial charge in [-0.3, -0.25) is 0 Å². The van der Waals surface area contributed by atoms with Gasteiger partial charge in [-0.15, -0.1) is 0 Å². The average molecular weight is 266 g/mol. The molecule has 2 aromatic rings. The average Bonchev–Trinajstić information content (AvgIpc) is 2.53. The van der Waals surface area contributed by atoms with Crippen molar-refractivity contribution in [2.45, 2.75) is 6.10 Å². The van der Waals surface area contributed by atoms with Crippen LogP contribution in [0.25, 0.3) is 0 Å². The number of hydrogen-bond donors (Lipinski definition) is 1. The van der Waals surface area contributed by atoms with Gasteiger partial charge in [0, 0.05) is 0 Å². The molecule has 20 heavy (non-hydrogen) atoms. The normalized spacial score (nSPS) is 11.1. The van der Waals surface area contributed by atoms with Crippen LogP contribution in [0.2, 0.25) is 0 Å². The molecule has 0 heterocycles. The molecule has 0 unspecified atom stereocenters. The van der Waals surface area contributed by atoms with Crippen molar-refractivity contribution in [3.05, 3.63) is 71.8 Å². The maximum absolute atomic E-state index is 11.6. The lowest BCUT2D eigenvalue weighted by atomic mass is 10.1. The molecule has 2 rings (SSSR count). The molecule has 0 aliphatic rings. The Bertz CT molecular complexity index is 609. The van der Waals surface area contributed by atoms with Crippen LogP contribution in [0.4, 0.5) is 0 Å². The van der Waals surface area contributed by atoms with Crippen LogP contribution in [0.3, 0.4) is 0 Å². The van der Waals surface area contributed by atoms with Crippen LogP contribution in [0, 0.1) is 11.8 Å². The third kappa shape index (κ3) is 3.98. The predicted octanol–water partition coefficient (Wildman–Crippen LogP) is 2.58. The van der Waals surface area contributed by atoms with Gasteiger partial charge in [-0.25, -0.2) is 4.79 Å². The van der Waals surface area contributed by atoms with Crippen LogP contribution < -0.4 is 0 Å². The van der Waals surface area contributed by atoms with Gasteiger partial charge in [0.1, 0.15) is 6.10 Å². The van der Waals surface area contributed by atoms with E-state index in [-0.39, 0.29) is 6.61 Å². The second kappa shape index (κ2) is 7.13. The number of carbonyl (C=O) groups is 1. The van der Waals surface area contributed by atoms with Crippen molar-refractivity contribution in [2.75, 3.05) is 6.61 Å². The molecule has 0 aliphatic carbocycles. The van der Waals surface area contributed by atoms with Gasteiger partial charge in [-0.05, 0) is 17.7 Å². The van der Waals surface area contributed by atoms with Crippen molar-refractivity contribution >= 4 is 5.97 Å². The lowest BCUT2D eigenvalue weighted by Gasteiger charge is -2.02. The molecule has 3 nitrogen and oxygen atoms in total. The fraction of sp³-hybridized carbons (Fsp3) is 0.118. The summed E-state index contributed by atoms with van der Waals surface area (Å²) in [6.07, 6.45) is -0.869. The first-order valence-electron chi connectivity index (χ1n) is 6.21. The van der Waals surface area contributed by atoms with Crippen molar-refractivity contribution in [2.24, 2.45) is 0 Å². The van der Waals surface area contributed by atoms with Gasteiger partial charge in [0.15, 0.2) is 6.61 Å². The van der Waals surface area contributed by atoms with Crippen LogP contribution in [0.5, 0.6) is 0 Å². The number of benzene rings is 2. The number of rotatable bonds is 3. The van der Waals surface area contributed by atoms with E-state index in [0.29, 0.717) is 5.56 Å². The van der Waals surface area contributed by atoms with E-state index < -0.39 is 12.1 Å². The molecule has 0 saturated heterocycles. The topological polar surface area (TPSA) is 46.5 Å². The molecule has 100 valence electrons. The highest BCUT2D eigenvalue weighted by atomic mass is 16.5. The Hall–Kier alpha value is -2.57. The monoisotopic (exact) mass is 266 g/mol. The van der Waals surface area contributed by atoms with Crippen molar-refractivity contribution in [1.29, 1.82) is 0 Å². The zero-order valence-electron chi connectivity index (χ0n) is 10.8. The van der Waals surface area contributed by atoms with Gasteiger partial charge in [-0.2, -0.15) is 0 Å². The Kier molecular flexibility index (Phi) is 4.94. The molecule has 0 aliphatic heterocycles. The fourth-order valence-electron chi connectivity index (χ4n) is 1.62. The summed E-state index contributed by atoms with van der Waals surface area (Å²) in [4.78, 5) is 11.6. The number of carbonyl (C=O) groups excluding carboxylic acids is 1. The number of aliphatic hydroxyl groups is 1. The van der Waals surface area contributed by atoms with E-state index in [1.807, 2.05) is 24.3 Å². The largest absolute Gasteiger partial charge is 0.449 e. The molecule has 0 bridgehead atoms. The van der Waals surface area contributed by atoms with Gasteiger partial charge in [0.05, 0.1) is 5.56 Å². The number of hydrogen-bond acceptors (Lipinski definition) is 3. The summed E-state index contributed by atoms with van der Waals surface area (Å²) in [5.74, 6) is 4.85. The van der Waals surface area contributed by atoms with E-state index in [2.05, 4.69) is 11.8 Å². The first-order chi connectivity index (χ1) is 9.77. The Morgan fingerprint density at radius 1 is 1.05 bits per heavy atom. The van der Waals surface area contributed by atoms with Crippen LogP contribution in [0.1, 0.15) is 22.0 Å². The van der Waals surface area contributed by atoms with E-state index in [4.69, 9.17) is 4.74 Å². The highest BCUT2D eigenvalue weighted by Crippen LogP contribution is 2.10. The molecule has 1 N–H and O–H groups in total. The molecule has 0 radical (unpaired) electrons. The molecule has 0 fully saturated rings. The molecule has 1 atom stereocenters. The summed E-state index contributed by atoms with van der Waals surface area (Å²) >= 11 is 0. The Balaban J connectivity index is 1.85. The third-order valence-corrected chi connectivity index (χ3v) is 2.64. The van der Waals surface area contributed by atoms with E-state index in [1.165, 1.54) is 0 Å². The summed E-state index contributed by atoms with van der Waals surface area (Å²) in [6, 6.07) is 17.8. The van der Waals surface area contributed by atoms with Crippen LogP contribution in [-0.2, 0) is 4.74 Å². The number of ether oxygens (including phenoxy) is 1. The molecule has 0 saturated carbocycles. The van der Waals surface area contributed by atoms with Crippen molar-refractivity contribution in [3.63, 3.8) is 0 Å². The predicted molar refractivity (Wildman–Crippen MR) is 75.9 cm³/mol. The van der Waals surface area contributed by atoms with Gasteiger partial charge in [0.25, 0.3) is 0 Å². The van der Waals surface area contributed by atoms with Gasteiger partial charge < -0.3 is 9.84 Å². The SMILES string of the molecule is O=C(OCC#C[C@@H](O)c1ccccc1)c1ccccc1. The zero-order chi connectivity index (χ0) is 14.2. The first kappa shape index (κ1) is 13.9. The van der Waals surface area contributed by atoms with Gasteiger partial charge in [-0.1, -0.05) is 60.4 Å². The molecule has 0 spiro atoms. The summed E-state index contributed by atoms with van der Waals surface area (Å²) in [5.41, 5.74) is 1.20. The molecular weight excluding hydrogens is 252 g/mol.